The van der Waals surface area contributed by atoms with Gasteiger partial charge in [-0.1, -0.05) is 18.2 Å². The van der Waals surface area contributed by atoms with E-state index in [1.807, 2.05) is 24.3 Å². The van der Waals surface area contributed by atoms with Crippen LogP contribution in [0.1, 0.15) is 33.0 Å². The second-order valence-corrected chi connectivity index (χ2v) is 4.78. The average molecular weight is 283 g/mol. The molecule has 0 bridgehead atoms. The van der Waals surface area contributed by atoms with Crippen molar-refractivity contribution in [2.45, 2.75) is 12.8 Å². The summed E-state index contributed by atoms with van der Waals surface area (Å²) in [5.41, 5.74) is 1.79. The Hall–Kier alpha value is -2.76. The first kappa shape index (κ1) is 13.2. The standard InChI is InChI=1S/C15H13N3O3/c19-14(11-8-16-9-12(17-11)15(20)21)18-7-3-5-10-4-1-2-6-13(10)18/h1-2,4,6,8-9H,3,5,7H2,(H,20,21). The van der Waals surface area contributed by atoms with Crippen LogP contribution in [0.15, 0.2) is 36.7 Å². The maximum absolute atomic E-state index is 12.6. The minimum Gasteiger partial charge on any atom is -0.476 e. The molecule has 0 saturated carbocycles. The normalized spacial score (nSPS) is 13.6. The van der Waals surface area contributed by atoms with E-state index < -0.39 is 5.97 Å². The number of carboxylic acid groups (broad SMARTS) is 1. The van der Waals surface area contributed by atoms with Crippen LogP contribution in [0.2, 0.25) is 0 Å². The van der Waals surface area contributed by atoms with Gasteiger partial charge in [-0.05, 0) is 24.5 Å². The third-order valence-electron chi connectivity index (χ3n) is 3.43. The second-order valence-electron chi connectivity index (χ2n) is 4.78. The van der Waals surface area contributed by atoms with E-state index in [4.69, 9.17) is 5.11 Å². The van der Waals surface area contributed by atoms with Gasteiger partial charge < -0.3 is 10.0 Å². The molecule has 1 aromatic heterocycles. The number of carbonyl (C=O) groups is 2. The van der Waals surface area contributed by atoms with E-state index in [2.05, 4.69) is 9.97 Å². The molecule has 3 rings (SSSR count). The number of hydrogen-bond donors (Lipinski definition) is 1. The van der Waals surface area contributed by atoms with E-state index in [0.717, 1.165) is 30.3 Å². The summed E-state index contributed by atoms with van der Waals surface area (Å²) in [4.78, 5) is 32.8. The van der Waals surface area contributed by atoms with Crippen LogP contribution in [0.4, 0.5) is 5.69 Å². The summed E-state index contributed by atoms with van der Waals surface area (Å²) in [5, 5.41) is 8.93. The number of benzene rings is 1. The smallest absolute Gasteiger partial charge is 0.356 e. The number of aromatic nitrogens is 2. The van der Waals surface area contributed by atoms with Crippen LogP contribution in [0.25, 0.3) is 0 Å². The molecule has 0 aliphatic carbocycles. The van der Waals surface area contributed by atoms with Gasteiger partial charge in [0.1, 0.15) is 5.69 Å². The molecule has 1 aliphatic heterocycles. The Morgan fingerprint density at radius 3 is 2.71 bits per heavy atom. The summed E-state index contributed by atoms with van der Waals surface area (Å²) in [6, 6.07) is 7.70. The molecule has 0 saturated heterocycles. The fourth-order valence-corrected chi connectivity index (χ4v) is 2.45. The highest BCUT2D eigenvalue weighted by Gasteiger charge is 2.24. The van der Waals surface area contributed by atoms with Crippen molar-refractivity contribution in [1.29, 1.82) is 0 Å². The molecule has 0 radical (unpaired) electrons. The Balaban J connectivity index is 1.96. The number of fused-ring (bicyclic) bond motifs is 1. The van der Waals surface area contributed by atoms with Crippen LogP contribution in [-0.4, -0.2) is 33.5 Å². The van der Waals surface area contributed by atoms with Gasteiger partial charge in [0.15, 0.2) is 5.69 Å². The molecular formula is C15H13N3O3. The molecule has 0 atom stereocenters. The molecule has 1 amide bonds. The molecule has 1 aromatic carbocycles. The average Bonchev–Trinajstić information content (AvgIpc) is 2.53. The van der Waals surface area contributed by atoms with E-state index in [-0.39, 0.29) is 17.3 Å². The summed E-state index contributed by atoms with van der Waals surface area (Å²) in [5.74, 6) is -1.52. The molecule has 0 spiro atoms. The predicted molar refractivity (Wildman–Crippen MR) is 75.4 cm³/mol. The van der Waals surface area contributed by atoms with Crippen LogP contribution >= 0.6 is 0 Å². The first-order valence-electron chi connectivity index (χ1n) is 6.62. The summed E-state index contributed by atoms with van der Waals surface area (Å²) >= 11 is 0. The van der Waals surface area contributed by atoms with Crippen LogP contribution in [0.5, 0.6) is 0 Å². The molecule has 21 heavy (non-hydrogen) atoms. The Kier molecular flexibility index (Phi) is 3.35. The van der Waals surface area contributed by atoms with Gasteiger partial charge in [0.2, 0.25) is 0 Å². The number of para-hydroxylation sites is 1. The number of nitrogens with zero attached hydrogens (tertiary/aromatic N) is 3. The highest BCUT2D eigenvalue weighted by Crippen LogP contribution is 2.27. The van der Waals surface area contributed by atoms with Crippen molar-refractivity contribution in [3.05, 3.63) is 53.6 Å². The van der Waals surface area contributed by atoms with Crippen molar-refractivity contribution in [3.8, 4) is 0 Å². The highest BCUT2D eigenvalue weighted by molar-refractivity contribution is 6.05. The molecule has 6 nitrogen and oxygen atoms in total. The summed E-state index contributed by atoms with van der Waals surface area (Å²) in [6.07, 6.45) is 4.23. The number of aromatic carboxylic acids is 1. The van der Waals surface area contributed by atoms with Gasteiger partial charge in [0, 0.05) is 12.2 Å². The van der Waals surface area contributed by atoms with Crippen LogP contribution in [0, 0.1) is 0 Å². The minimum atomic E-state index is -1.20. The third kappa shape index (κ3) is 2.47. The van der Waals surface area contributed by atoms with Gasteiger partial charge in [-0.25, -0.2) is 9.78 Å². The van der Waals surface area contributed by atoms with Gasteiger partial charge in [-0.2, -0.15) is 0 Å². The number of anilines is 1. The Morgan fingerprint density at radius 2 is 1.90 bits per heavy atom. The van der Waals surface area contributed by atoms with Crippen molar-refractivity contribution in [2.75, 3.05) is 11.4 Å². The van der Waals surface area contributed by atoms with E-state index in [0.29, 0.717) is 6.54 Å². The van der Waals surface area contributed by atoms with Gasteiger partial charge in [-0.15, -0.1) is 0 Å². The quantitative estimate of drug-likeness (QED) is 0.908. The Morgan fingerprint density at radius 1 is 1.14 bits per heavy atom. The predicted octanol–water partition coefficient (Wildman–Crippen LogP) is 1.77. The highest BCUT2D eigenvalue weighted by atomic mass is 16.4. The molecular weight excluding hydrogens is 270 g/mol. The molecule has 1 N–H and O–H groups in total. The summed E-state index contributed by atoms with van der Waals surface area (Å²) in [6.45, 7) is 0.592. The van der Waals surface area contributed by atoms with E-state index in [1.165, 1.54) is 6.20 Å². The largest absolute Gasteiger partial charge is 0.476 e. The molecule has 6 heteroatoms. The molecule has 0 unspecified atom stereocenters. The number of carboxylic acids is 1. The fourth-order valence-electron chi connectivity index (χ4n) is 2.45. The van der Waals surface area contributed by atoms with E-state index in [1.54, 1.807) is 4.90 Å². The van der Waals surface area contributed by atoms with Crippen LogP contribution < -0.4 is 4.90 Å². The monoisotopic (exact) mass is 283 g/mol. The number of rotatable bonds is 2. The molecule has 0 fully saturated rings. The fraction of sp³-hybridized carbons (Fsp3) is 0.200. The van der Waals surface area contributed by atoms with Gasteiger partial charge in [-0.3, -0.25) is 9.78 Å². The lowest BCUT2D eigenvalue weighted by Crippen LogP contribution is -2.36. The zero-order chi connectivity index (χ0) is 14.8. The SMILES string of the molecule is O=C(O)c1cncc(C(=O)N2CCCc3ccccc32)n1. The van der Waals surface area contributed by atoms with Gasteiger partial charge >= 0.3 is 5.97 Å². The van der Waals surface area contributed by atoms with Gasteiger partial charge in [0.25, 0.3) is 5.91 Å². The minimum absolute atomic E-state index is 0.0478. The lowest BCUT2D eigenvalue weighted by Gasteiger charge is -2.29. The maximum Gasteiger partial charge on any atom is 0.356 e. The van der Waals surface area contributed by atoms with Crippen molar-refractivity contribution in [2.24, 2.45) is 0 Å². The van der Waals surface area contributed by atoms with E-state index >= 15 is 0 Å². The Labute approximate surface area is 121 Å². The molecule has 1 aliphatic rings. The molecule has 106 valence electrons. The topological polar surface area (TPSA) is 83.4 Å². The summed E-state index contributed by atoms with van der Waals surface area (Å²) in [7, 11) is 0. The van der Waals surface area contributed by atoms with Crippen molar-refractivity contribution >= 4 is 17.6 Å². The zero-order valence-electron chi connectivity index (χ0n) is 11.2. The second kappa shape index (κ2) is 5.32. The first-order valence-corrected chi connectivity index (χ1v) is 6.62. The Bertz CT molecular complexity index is 715. The van der Waals surface area contributed by atoms with Crippen LogP contribution in [0.3, 0.4) is 0 Å². The third-order valence-corrected chi connectivity index (χ3v) is 3.43. The maximum atomic E-state index is 12.6. The van der Waals surface area contributed by atoms with Crippen molar-refractivity contribution in [1.82, 2.24) is 9.97 Å². The lowest BCUT2D eigenvalue weighted by atomic mass is 10.0. The zero-order valence-corrected chi connectivity index (χ0v) is 11.2. The van der Waals surface area contributed by atoms with Crippen LogP contribution in [-0.2, 0) is 6.42 Å². The molecule has 2 aromatic rings. The number of hydrogen-bond acceptors (Lipinski definition) is 4. The lowest BCUT2D eigenvalue weighted by molar-refractivity contribution is 0.0690. The number of amides is 1. The number of carbonyl (C=O) groups excluding carboxylic acids is 1. The molecule has 2 heterocycles. The number of aryl methyl sites for hydroxylation is 1. The first-order chi connectivity index (χ1) is 10.2. The van der Waals surface area contributed by atoms with Crippen molar-refractivity contribution < 1.29 is 14.7 Å². The van der Waals surface area contributed by atoms with Gasteiger partial charge in [0.05, 0.1) is 12.4 Å². The van der Waals surface area contributed by atoms with Crippen molar-refractivity contribution in [3.63, 3.8) is 0 Å². The van der Waals surface area contributed by atoms with E-state index in [9.17, 15) is 9.59 Å². The summed E-state index contributed by atoms with van der Waals surface area (Å²) < 4.78 is 0.